The van der Waals surface area contributed by atoms with E-state index in [4.69, 9.17) is 11.6 Å². The zero-order chi connectivity index (χ0) is 18.8. The summed E-state index contributed by atoms with van der Waals surface area (Å²) < 4.78 is 0. The molecule has 5 heteroatoms. The Morgan fingerprint density at radius 3 is 2.70 bits per heavy atom. The van der Waals surface area contributed by atoms with Crippen LogP contribution in [0.3, 0.4) is 0 Å². The van der Waals surface area contributed by atoms with Crippen LogP contribution in [-0.2, 0) is 9.59 Å². The summed E-state index contributed by atoms with van der Waals surface area (Å²) in [5.74, 6) is 5.11. The van der Waals surface area contributed by atoms with Crippen molar-refractivity contribution in [3.05, 3.63) is 76.4 Å². The molecule has 1 unspecified atom stereocenters. The largest absolute Gasteiger partial charge is 0.296 e. The lowest BCUT2D eigenvalue weighted by atomic mass is 9.89. The number of piperidine rings is 1. The highest BCUT2D eigenvalue weighted by molar-refractivity contribution is 6.33. The Balaban J connectivity index is 1.66. The van der Waals surface area contributed by atoms with Crippen LogP contribution in [0.2, 0.25) is 5.02 Å². The van der Waals surface area contributed by atoms with Crippen molar-refractivity contribution < 1.29 is 9.59 Å². The van der Waals surface area contributed by atoms with Crippen LogP contribution in [0, 0.1) is 11.8 Å². The molecule has 1 aromatic heterocycles. The molecule has 132 valence electrons. The molecule has 1 atom stereocenters. The van der Waals surface area contributed by atoms with Crippen LogP contribution < -0.4 is 5.32 Å². The number of benzene rings is 2. The number of amides is 2. The number of hydrogen-bond donors (Lipinski definition) is 1. The van der Waals surface area contributed by atoms with Gasteiger partial charge in [0.1, 0.15) is 5.69 Å². The lowest BCUT2D eigenvalue weighted by Gasteiger charge is -2.22. The van der Waals surface area contributed by atoms with E-state index in [-0.39, 0.29) is 11.8 Å². The van der Waals surface area contributed by atoms with Crippen LogP contribution in [0.4, 0.5) is 0 Å². The number of pyridine rings is 1. The molecule has 1 aliphatic heterocycles. The number of nitrogens with one attached hydrogen (secondary N) is 1. The predicted molar refractivity (Wildman–Crippen MR) is 104 cm³/mol. The van der Waals surface area contributed by atoms with E-state index < -0.39 is 5.92 Å². The normalized spacial score (nSPS) is 16.6. The second-order valence-electron chi connectivity index (χ2n) is 6.35. The average Bonchev–Trinajstić information content (AvgIpc) is 2.67. The average molecular weight is 375 g/mol. The first-order chi connectivity index (χ1) is 13.1. The van der Waals surface area contributed by atoms with Crippen LogP contribution in [0.5, 0.6) is 0 Å². The Morgan fingerprint density at radius 2 is 1.85 bits per heavy atom. The third kappa shape index (κ3) is 3.55. The molecule has 2 aromatic carbocycles. The van der Waals surface area contributed by atoms with Gasteiger partial charge in [-0.3, -0.25) is 14.9 Å². The van der Waals surface area contributed by atoms with Crippen molar-refractivity contribution in [2.75, 3.05) is 0 Å². The molecule has 0 bridgehead atoms. The predicted octanol–water partition coefficient (Wildman–Crippen LogP) is 3.81. The molecule has 1 saturated heterocycles. The molecule has 0 saturated carbocycles. The summed E-state index contributed by atoms with van der Waals surface area (Å²) in [5.41, 5.74) is 2.86. The third-order valence-electron chi connectivity index (χ3n) is 4.57. The summed E-state index contributed by atoms with van der Waals surface area (Å²) in [5, 5.41) is 3.87. The second kappa shape index (κ2) is 7.22. The number of carbonyl (C=O) groups excluding carboxylic acids is 2. The van der Waals surface area contributed by atoms with E-state index in [0.29, 0.717) is 34.7 Å². The van der Waals surface area contributed by atoms with E-state index in [2.05, 4.69) is 22.1 Å². The molecule has 3 aromatic rings. The molecular formula is C22H15ClN2O2. The molecule has 0 radical (unpaired) electrons. The molecular weight excluding hydrogens is 360 g/mol. The fourth-order valence-corrected chi connectivity index (χ4v) is 3.48. The van der Waals surface area contributed by atoms with E-state index in [1.165, 1.54) is 0 Å². The van der Waals surface area contributed by atoms with Gasteiger partial charge < -0.3 is 0 Å². The van der Waals surface area contributed by atoms with Gasteiger partial charge in [0.05, 0.1) is 16.5 Å². The minimum absolute atomic E-state index is 0.245. The minimum atomic E-state index is -0.434. The van der Waals surface area contributed by atoms with Gasteiger partial charge in [-0.25, -0.2) is 4.98 Å². The maximum atomic E-state index is 12.1. The number of rotatable bonds is 1. The summed E-state index contributed by atoms with van der Waals surface area (Å²) in [6, 6.07) is 17.1. The number of halogens is 1. The quantitative estimate of drug-likeness (QED) is 0.520. The highest BCUT2D eigenvalue weighted by atomic mass is 35.5. The number of fused-ring (bicyclic) bond motifs is 1. The summed E-state index contributed by atoms with van der Waals surface area (Å²) in [6.45, 7) is 0. The highest BCUT2D eigenvalue weighted by Gasteiger charge is 2.29. The Labute approximate surface area is 161 Å². The van der Waals surface area contributed by atoms with E-state index in [1.54, 1.807) is 0 Å². The monoisotopic (exact) mass is 374 g/mol. The van der Waals surface area contributed by atoms with Gasteiger partial charge in [0.2, 0.25) is 11.8 Å². The zero-order valence-corrected chi connectivity index (χ0v) is 15.1. The van der Waals surface area contributed by atoms with Crippen LogP contribution >= 0.6 is 11.6 Å². The minimum Gasteiger partial charge on any atom is -0.296 e. The standard InChI is InChI=1S/C22H15ClN2O2/c23-21-15(5-3-6-17(21)18-12-13-20(26)25-22(18)27)9-11-16-10-8-14-4-1-2-7-19(14)24-16/h1-8,10,18H,12-13H2,(H,25,26,27). The molecule has 27 heavy (non-hydrogen) atoms. The van der Waals surface area contributed by atoms with Crippen LogP contribution in [-0.4, -0.2) is 16.8 Å². The fourth-order valence-electron chi connectivity index (χ4n) is 3.17. The topological polar surface area (TPSA) is 59.1 Å². The number of nitrogens with zero attached hydrogens (tertiary/aromatic N) is 1. The number of para-hydroxylation sites is 1. The first kappa shape index (κ1) is 17.3. The van der Waals surface area contributed by atoms with E-state index in [1.807, 2.05) is 54.6 Å². The van der Waals surface area contributed by atoms with E-state index in [9.17, 15) is 9.59 Å². The lowest BCUT2D eigenvalue weighted by molar-refractivity contribution is -0.134. The zero-order valence-electron chi connectivity index (χ0n) is 14.3. The molecule has 4 nitrogen and oxygen atoms in total. The van der Waals surface area contributed by atoms with Crippen molar-refractivity contribution in [2.24, 2.45) is 0 Å². The molecule has 0 spiro atoms. The molecule has 1 fully saturated rings. The number of hydrogen-bond acceptors (Lipinski definition) is 3. The summed E-state index contributed by atoms with van der Waals surface area (Å²) >= 11 is 6.52. The van der Waals surface area contributed by atoms with Gasteiger partial charge in [-0.15, -0.1) is 0 Å². The molecule has 2 heterocycles. The van der Waals surface area contributed by atoms with Crippen molar-refractivity contribution in [2.45, 2.75) is 18.8 Å². The Bertz CT molecular complexity index is 1130. The van der Waals surface area contributed by atoms with Gasteiger partial charge >= 0.3 is 0 Å². The SMILES string of the molecule is O=C1CCC(c2cccc(C#Cc3ccc4ccccc4n3)c2Cl)C(=O)N1. The summed E-state index contributed by atoms with van der Waals surface area (Å²) in [7, 11) is 0. The molecule has 1 aliphatic rings. The number of carbonyl (C=O) groups is 2. The van der Waals surface area contributed by atoms with Gasteiger partial charge in [-0.1, -0.05) is 53.9 Å². The van der Waals surface area contributed by atoms with E-state index >= 15 is 0 Å². The van der Waals surface area contributed by atoms with Gasteiger partial charge in [0, 0.05) is 17.4 Å². The highest BCUT2D eigenvalue weighted by Crippen LogP contribution is 2.32. The number of imide groups is 1. The first-order valence-electron chi connectivity index (χ1n) is 8.62. The van der Waals surface area contributed by atoms with Crippen LogP contribution in [0.15, 0.2) is 54.6 Å². The van der Waals surface area contributed by atoms with Crippen LogP contribution in [0.25, 0.3) is 10.9 Å². The van der Waals surface area contributed by atoms with Crippen molar-refractivity contribution in [1.29, 1.82) is 0 Å². The van der Waals surface area contributed by atoms with E-state index in [0.717, 1.165) is 10.9 Å². The molecule has 1 N–H and O–H groups in total. The Kier molecular flexibility index (Phi) is 4.62. The smallest absolute Gasteiger partial charge is 0.234 e. The van der Waals surface area contributed by atoms with Gasteiger partial charge in [0.25, 0.3) is 0 Å². The molecule has 0 aliphatic carbocycles. The van der Waals surface area contributed by atoms with Gasteiger partial charge in [-0.05, 0) is 36.1 Å². The maximum absolute atomic E-state index is 12.1. The van der Waals surface area contributed by atoms with Crippen molar-refractivity contribution >= 4 is 34.3 Å². The van der Waals surface area contributed by atoms with Crippen molar-refractivity contribution in [1.82, 2.24) is 10.3 Å². The summed E-state index contributed by atoms with van der Waals surface area (Å²) in [6.07, 6.45) is 0.761. The fraction of sp³-hybridized carbons (Fsp3) is 0.136. The third-order valence-corrected chi connectivity index (χ3v) is 4.99. The lowest BCUT2D eigenvalue weighted by Crippen LogP contribution is -2.39. The Hall–Kier alpha value is -3.16. The van der Waals surface area contributed by atoms with Gasteiger partial charge in [-0.2, -0.15) is 0 Å². The number of aromatic nitrogens is 1. The van der Waals surface area contributed by atoms with Crippen molar-refractivity contribution in [3.8, 4) is 11.8 Å². The van der Waals surface area contributed by atoms with Crippen molar-refractivity contribution in [3.63, 3.8) is 0 Å². The second-order valence-corrected chi connectivity index (χ2v) is 6.73. The van der Waals surface area contributed by atoms with Gasteiger partial charge in [0.15, 0.2) is 0 Å². The van der Waals surface area contributed by atoms with Crippen LogP contribution in [0.1, 0.15) is 35.6 Å². The molecule has 2 amide bonds. The Morgan fingerprint density at radius 1 is 1.00 bits per heavy atom. The first-order valence-corrected chi connectivity index (χ1v) is 8.99. The maximum Gasteiger partial charge on any atom is 0.234 e. The molecule has 4 rings (SSSR count). The summed E-state index contributed by atoms with van der Waals surface area (Å²) in [4.78, 5) is 28.0.